The summed E-state index contributed by atoms with van der Waals surface area (Å²) < 4.78 is 5.49. The van der Waals surface area contributed by atoms with E-state index in [1.54, 1.807) is 0 Å². The number of hydrogen-bond acceptors (Lipinski definition) is 2. The standard InChI is InChI=1S/C11H13NO2/c1-2-14-10-5-3-4-9-8(10)6-7-11(13)12-9/h3-5H,2,6-7H2,1H3,(H,12,13). The second-order valence-electron chi connectivity index (χ2n) is 3.26. The Morgan fingerprint density at radius 1 is 1.43 bits per heavy atom. The van der Waals surface area contributed by atoms with Gasteiger partial charge in [0.1, 0.15) is 5.75 Å². The molecule has 0 aromatic heterocycles. The Labute approximate surface area is 83.1 Å². The van der Waals surface area contributed by atoms with E-state index in [4.69, 9.17) is 4.74 Å². The summed E-state index contributed by atoms with van der Waals surface area (Å²) in [6, 6.07) is 5.75. The monoisotopic (exact) mass is 191 g/mol. The number of amides is 1. The van der Waals surface area contributed by atoms with Crippen LogP contribution >= 0.6 is 0 Å². The van der Waals surface area contributed by atoms with E-state index in [-0.39, 0.29) is 5.91 Å². The van der Waals surface area contributed by atoms with E-state index < -0.39 is 0 Å². The third-order valence-corrected chi connectivity index (χ3v) is 2.31. The lowest BCUT2D eigenvalue weighted by atomic mass is 10.0. The number of carbonyl (C=O) groups is 1. The zero-order valence-electron chi connectivity index (χ0n) is 8.17. The summed E-state index contributed by atoms with van der Waals surface area (Å²) in [6.45, 7) is 2.62. The van der Waals surface area contributed by atoms with Crippen LogP contribution < -0.4 is 10.1 Å². The van der Waals surface area contributed by atoms with E-state index in [1.165, 1.54) is 0 Å². The normalized spacial score (nSPS) is 14.5. The number of benzene rings is 1. The van der Waals surface area contributed by atoms with Crippen molar-refractivity contribution >= 4 is 11.6 Å². The molecule has 2 rings (SSSR count). The van der Waals surface area contributed by atoms with E-state index in [0.29, 0.717) is 13.0 Å². The van der Waals surface area contributed by atoms with Crippen molar-refractivity contribution in [3.8, 4) is 5.75 Å². The van der Waals surface area contributed by atoms with Crippen molar-refractivity contribution < 1.29 is 9.53 Å². The largest absolute Gasteiger partial charge is 0.494 e. The van der Waals surface area contributed by atoms with Gasteiger partial charge in [0, 0.05) is 17.7 Å². The molecule has 0 fully saturated rings. The van der Waals surface area contributed by atoms with Gasteiger partial charge in [-0.25, -0.2) is 0 Å². The number of ether oxygens (including phenoxy) is 1. The van der Waals surface area contributed by atoms with Crippen molar-refractivity contribution in [1.82, 2.24) is 0 Å². The maximum atomic E-state index is 11.1. The molecule has 0 atom stereocenters. The Bertz CT molecular complexity index is 360. The zero-order chi connectivity index (χ0) is 9.97. The lowest BCUT2D eigenvalue weighted by Crippen LogP contribution is -2.19. The Hall–Kier alpha value is -1.51. The minimum atomic E-state index is 0.0890. The molecular weight excluding hydrogens is 178 g/mol. The van der Waals surface area contributed by atoms with Gasteiger partial charge in [-0.2, -0.15) is 0 Å². The third kappa shape index (κ3) is 1.58. The van der Waals surface area contributed by atoms with Crippen molar-refractivity contribution in [2.75, 3.05) is 11.9 Å². The fourth-order valence-corrected chi connectivity index (χ4v) is 1.68. The van der Waals surface area contributed by atoms with Gasteiger partial charge < -0.3 is 10.1 Å². The van der Waals surface area contributed by atoms with Crippen LogP contribution in [0.25, 0.3) is 0 Å². The molecule has 1 aliphatic heterocycles. The Morgan fingerprint density at radius 2 is 2.29 bits per heavy atom. The zero-order valence-corrected chi connectivity index (χ0v) is 8.17. The third-order valence-electron chi connectivity index (χ3n) is 2.31. The summed E-state index contributed by atoms with van der Waals surface area (Å²) in [6.07, 6.45) is 1.33. The number of hydrogen-bond donors (Lipinski definition) is 1. The highest BCUT2D eigenvalue weighted by Gasteiger charge is 2.17. The second-order valence-corrected chi connectivity index (χ2v) is 3.26. The minimum Gasteiger partial charge on any atom is -0.494 e. The van der Waals surface area contributed by atoms with Crippen LogP contribution in [0.5, 0.6) is 5.75 Å². The number of rotatable bonds is 2. The van der Waals surface area contributed by atoms with Gasteiger partial charge in [0.25, 0.3) is 0 Å². The van der Waals surface area contributed by atoms with Crippen LogP contribution in [0.15, 0.2) is 18.2 Å². The molecule has 1 aromatic rings. The second kappa shape index (κ2) is 3.70. The van der Waals surface area contributed by atoms with Crippen LogP contribution in [0.3, 0.4) is 0 Å². The molecule has 0 saturated carbocycles. The van der Waals surface area contributed by atoms with Crippen LogP contribution in [0.1, 0.15) is 18.9 Å². The Kier molecular flexibility index (Phi) is 2.39. The van der Waals surface area contributed by atoms with Gasteiger partial charge in [0.15, 0.2) is 0 Å². The summed E-state index contributed by atoms with van der Waals surface area (Å²) in [5.41, 5.74) is 2.01. The molecule has 3 nitrogen and oxygen atoms in total. The summed E-state index contributed by atoms with van der Waals surface area (Å²) >= 11 is 0. The highest BCUT2D eigenvalue weighted by molar-refractivity contribution is 5.94. The van der Waals surface area contributed by atoms with Gasteiger partial charge in [-0.05, 0) is 25.5 Å². The number of nitrogens with one attached hydrogen (secondary N) is 1. The Morgan fingerprint density at radius 3 is 3.07 bits per heavy atom. The Balaban J connectivity index is 2.36. The topological polar surface area (TPSA) is 38.3 Å². The van der Waals surface area contributed by atoms with E-state index >= 15 is 0 Å². The van der Waals surface area contributed by atoms with E-state index in [1.807, 2.05) is 25.1 Å². The molecule has 0 unspecified atom stereocenters. The number of fused-ring (bicyclic) bond motifs is 1. The molecule has 0 saturated heterocycles. The lowest BCUT2D eigenvalue weighted by Gasteiger charge is -2.19. The molecule has 74 valence electrons. The predicted octanol–water partition coefficient (Wildman–Crippen LogP) is 1.97. The quantitative estimate of drug-likeness (QED) is 0.776. The highest BCUT2D eigenvalue weighted by Crippen LogP contribution is 2.30. The number of carbonyl (C=O) groups excluding carboxylic acids is 1. The molecule has 1 heterocycles. The van der Waals surface area contributed by atoms with Crippen molar-refractivity contribution in [1.29, 1.82) is 0 Å². The first-order chi connectivity index (χ1) is 6.81. The van der Waals surface area contributed by atoms with Crippen LogP contribution in [-0.2, 0) is 11.2 Å². The molecule has 1 amide bonds. The molecule has 3 heteroatoms. The van der Waals surface area contributed by atoms with Gasteiger partial charge in [0.2, 0.25) is 5.91 Å². The van der Waals surface area contributed by atoms with Gasteiger partial charge in [-0.3, -0.25) is 4.79 Å². The van der Waals surface area contributed by atoms with Crippen molar-refractivity contribution in [2.45, 2.75) is 19.8 Å². The first-order valence-electron chi connectivity index (χ1n) is 4.86. The smallest absolute Gasteiger partial charge is 0.224 e. The van der Waals surface area contributed by atoms with Crippen molar-refractivity contribution in [3.63, 3.8) is 0 Å². The van der Waals surface area contributed by atoms with Gasteiger partial charge in [0.05, 0.1) is 6.61 Å². The van der Waals surface area contributed by atoms with E-state index in [0.717, 1.165) is 23.4 Å². The molecule has 0 aliphatic carbocycles. The molecule has 14 heavy (non-hydrogen) atoms. The van der Waals surface area contributed by atoms with Crippen molar-refractivity contribution in [3.05, 3.63) is 23.8 Å². The SMILES string of the molecule is CCOc1cccc2c1CCC(=O)N2. The van der Waals surface area contributed by atoms with Crippen LogP contribution in [0, 0.1) is 0 Å². The molecule has 1 aliphatic rings. The fourth-order valence-electron chi connectivity index (χ4n) is 1.68. The fraction of sp³-hybridized carbons (Fsp3) is 0.364. The minimum absolute atomic E-state index is 0.0890. The average molecular weight is 191 g/mol. The summed E-state index contributed by atoms with van der Waals surface area (Å²) in [7, 11) is 0. The number of anilines is 1. The maximum Gasteiger partial charge on any atom is 0.224 e. The van der Waals surface area contributed by atoms with Crippen molar-refractivity contribution in [2.24, 2.45) is 0 Å². The van der Waals surface area contributed by atoms with E-state index in [2.05, 4.69) is 5.32 Å². The first-order valence-corrected chi connectivity index (χ1v) is 4.86. The predicted molar refractivity (Wildman–Crippen MR) is 54.6 cm³/mol. The summed E-state index contributed by atoms with van der Waals surface area (Å²) in [5.74, 6) is 0.983. The van der Waals surface area contributed by atoms with Gasteiger partial charge in [-0.1, -0.05) is 6.07 Å². The maximum absolute atomic E-state index is 11.1. The molecule has 0 radical (unpaired) electrons. The lowest BCUT2D eigenvalue weighted by molar-refractivity contribution is -0.116. The van der Waals surface area contributed by atoms with Crippen LogP contribution in [0.2, 0.25) is 0 Å². The molecular formula is C11H13NO2. The summed E-state index contributed by atoms with van der Waals surface area (Å²) in [5, 5.41) is 2.84. The van der Waals surface area contributed by atoms with Crippen LogP contribution in [0.4, 0.5) is 5.69 Å². The van der Waals surface area contributed by atoms with E-state index in [9.17, 15) is 4.79 Å². The highest BCUT2D eigenvalue weighted by atomic mass is 16.5. The average Bonchev–Trinajstić information content (AvgIpc) is 2.18. The van der Waals surface area contributed by atoms with Crippen LogP contribution in [-0.4, -0.2) is 12.5 Å². The molecule has 1 N–H and O–H groups in total. The first kappa shape index (κ1) is 9.06. The molecule has 0 spiro atoms. The van der Waals surface area contributed by atoms with Gasteiger partial charge in [-0.15, -0.1) is 0 Å². The molecule has 1 aromatic carbocycles. The van der Waals surface area contributed by atoms with Gasteiger partial charge >= 0.3 is 0 Å². The molecule has 0 bridgehead atoms. The summed E-state index contributed by atoms with van der Waals surface area (Å²) in [4.78, 5) is 11.1.